The van der Waals surface area contributed by atoms with Crippen molar-refractivity contribution in [2.75, 3.05) is 0 Å². The van der Waals surface area contributed by atoms with Crippen molar-refractivity contribution in [3.8, 4) is 0 Å². The minimum absolute atomic E-state index is 0.0645. The molecule has 0 N–H and O–H groups in total. The van der Waals surface area contributed by atoms with E-state index in [9.17, 15) is 19.2 Å². The SMILES string of the molecule is CC1=C(N=C=O)C=C(Cc2ccc(C)c(N=C=O)c2)C(N=C=O)(N=C=O)C1. The van der Waals surface area contributed by atoms with Gasteiger partial charge in [0.05, 0.1) is 11.4 Å². The van der Waals surface area contributed by atoms with Crippen LogP contribution < -0.4 is 0 Å². The van der Waals surface area contributed by atoms with Crippen molar-refractivity contribution in [2.45, 2.75) is 32.4 Å². The number of nitrogens with zero attached hydrogens (tertiary/aromatic N) is 4. The van der Waals surface area contributed by atoms with E-state index in [4.69, 9.17) is 0 Å². The highest BCUT2D eigenvalue weighted by atomic mass is 16.1. The molecule has 8 nitrogen and oxygen atoms in total. The van der Waals surface area contributed by atoms with E-state index in [1.165, 1.54) is 30.4 Å². The van der Waals surface area contributed by atoms with E-state index in [2.05, 4.69) is 20.0 Å². The molecule has 2 rings (SSSR count). The predicted octanol–water partition coefficient (Wildman–Crippen LogP) is 2.81. The number of allylic oxidation sites excluding steroid dienone is 1. The first-order valence-electron chi connectivity index (χ1n) is 7.83. The van der Waals surface area contributed by atoms with Crippen molar-refractivity contribution in [3.05, 3.63) is 52.2 Å². The molecule has 1 aliphatic rings. The summed E-state index contributed by atoms with van der Waals surface area (Å²) in [6.45, 7) is 3.47. The molecule has 0 saturated carbocycles. The number of rotatable bonds is 6. The Hall–Kier alpha value is -3.78. The number of carbonyl (C=O) groups excluding carboxylic acids is 4. The van der Waals surface area contributed by atoms with Gasteiger partial charge in [-0.05, 0) is 54.7 Å². The lowest BCUT2D eigenvalue weighted by Crippen LogP contribution is -2.31. The standard InChI is InChI=1S/C19H14N4O4/c1-13-3-4-15(6-17(13)20-9-24)5-16-7-18(21-10-25)14(2)8-19(16,22-11-26)23-12-27/h3-4,6-7H,5,8H2,1-2H3. The summed E-state index contributed by atoms with van der Waals surface area (Å²) in [6.07, 6.45) is 7.68. The van der Waals surface area contributed by atoms with Gasteiger partial charge in [0.15, 0.2) is 5.66 Å². The van der Waals surface area contributed by atoms with E-state index in [0.29, 0.717) is 22.5 Å². The highest BCUT2D eigenvalue weighted by molar-refractivity contribution is 5.56. The molecule has 27 heavy (non-hydrogen) atoms. The predicted molar refractivity (Wildman–Crippen MR) is 95.2 cm³/mol. The lowest BCUT2D eigenvalue weighted by Gasteiger charge is -2.30. The second-order valence-corrected chi connectivity index (χ2v) is 5.94. The molecule has 0 spiro atoms. The zero-order chi connectivity index (χ0) is 19.9. The van der Waals surface area contributed by atoms with Gasteiger partial charge < -0.3 is 0 Å². The Morgan fingerprint density at radius 2 is 1.63 bits per heavy atom. The van der Waals surface area contributed by atoms with Gasteiger partial charge in [-0.2, -0.15) is 20.0 Å². The molecule has 0 fully saturated rings. The summed E-state index contributed by atoms with van der Waals surface area (Å²) in [5.41, 5.74) is 1.85. The molecule has 0 atom stereocenters. The third kappa shape index (κ3) is 4.25. The smallest absolute Gasteiger partial charge is 0.211 e. The Kier molecular flexibility index (Phi) is 6.18. The fourth-order valence-electron chi connectivity index (χ4n) is 2.90. The Morgan fingerprint density at radius 3 is 2.22 bits per heavy atom. The summed E-state index contributed by atoms with van der Waals surface area (Å²) >= 11 is 0. The first kappa shape index (κ1) is 19.5. The molecule has 1 aliphatic carbocycles. The summed E-state index contributed by atoms with van der Waals surface area (Å²) in [4.78, 5) is 58.0. The number of benzene rings is 1. The van der Waals surface area contributed by atoms with E-state index in [1.54, 1.807) is 32.0 Å². The van der Waals surface area contributed by atoms with Crippen LogP contribution in [-0.2, 0) is 25.6 Å². The van der Waals surface area contributed by atoms with Gasteiger partial charge in [0.25, 0.3) is 0 Å². The van der Waals surface area contributed by atoms with Crippen molar-refractivity contribution in [3.63, 3.8) is 0 Å². The van der Waals surface area contributed by atoms with Gasteiger partial charge in [0.1, 0.15) is 0 Å². The van der Waals surface area contributed by atoms with Crippen LogP contribution in [-0.4, -0.2) is 30.0 Å². The normalized spacial score (nSPS) is 18.2. The molecule has 0 amide bonds. The summed E-state index contributed by atoms with van der Waals surface area (Å²) in [5, 5.41) is 0. The van der Waals surface area contributed by atoms with E-state index in [-0.39, 0.29) is 12.8 Å². The van der Waals surface area contributed by atoms with Gasteiger partial charge in [-0.3, -0.25) is 0 Å². The van der Waals surface area contributed by atoms with Crippen molar-refractivity contribution < 1.29 is 19.2 Å². The van der Waals surface area contributed by atoms with Crippen LogP contribution in [0.25, 0.3) is 0 Å². The van der Waals surface area contributed by atoms with Gasteiger partial charge in [0, 0.05) is 6.42 Å². The molecule has 1 aromatic rings. The third-order valence-electron chi connectivity index (χ3n) is 4.24. The minimum Gasteiger partial charge on any atom is -0.211 e. The van der Waals surface area contributed by atoms with Crippen molar-refractivity contribution in [2.24, 2.45) is 20.0 Å². The zero-order valence-corrected chi connectivity index (χ0v) is 14.6. The highest BCUT2D eigenvalue weighted by Crippen LogP contribution is 2.39. The maximum Gasteiger partial charge on any atom is 0.240 e. The molecule has 0 saturated heterocycles. The highest BCUT2D eigenvalue weighted by Gasteiger charge is 2.38. The average molecular weight is 362 g/mol. The molecule has 0 aromatic heterocycles. The second kappa shape index (κ2) is 8.54. The first-order valence-corrected chi connectivity index (χ1v) is 7.83. The number of isocyanates is 4. The van der Waals surface area contributed by atoms with Crippen LogP contribution in [0.5, 0.6) is 0 Å². The van der Waals surface area contributed by atoms with Gasteiger partial charge in [0.2, 0.25) is 24.3 Å². The van der Waals surface area contributed by atoms with Crippen LogP contribution in [0.15, 0.2) is 61.1 Å². The van der Waals surface area contributed by atoms with Crippen LogP contribution in [0, 0.1) is 6.92 Å². The fraction of sp³-hybridized carbons (Fsp3) is 0.263. The maximum atomic E-state index is 11.0. The number of hydrogen-bond donors (Lipinski definition) is 0. The van der Waals surface area contributed by atoms with E-state index in [1.807, 2.05) is 0 Å². The van der Waals surface area contributed by atoms with E-state index < -0.39 is 5.66 Å². The quantitative estimate of drug-likeness (QED) is 0.571. The molecule has 0 bridgehead atoms. The number of aliphatic imine (C=N–C) groups is 4. The van der Waals surface area contributed by atoms with Crippen molar-refractivity contribution >= 4 is 30.0 Å². The van der Waals surface area contributed by atoms with Crippen LogP contribution >= 0.6 is 0 Å². The summed E-state index contributed by atoms with van der Waals surface area (Å²) < 4.78 is 0. The molecule has 0 unspecified atom stereocenters. The van der Waals surface area contributed by atoms with Crippen molar-refractivity contribution in [1.82, 2.24) is 0 Å². The Balaban J connectivity index is 2.62. The monoisotopic (exact) mass is 362 g/mol. The Labute approximate surface area is 154 Å². The molecule has 0 aliphatic heterocycles. The lowest BCUT2D eigenvalue weighted by atomic mass is 9.83. The van der Waals surface area contributed by atoms with E-state index in [0.717, 1.165) is 11.1 Å². The largest absolute Gasteiger partial charge is 0.240 e. The zero-order valence-electron chi connectivity index (χ0n) is 14.6. The number of aryl methyl sites for hydroxylation is 1. The summed E-state index contributed by atoms with van der Waals surface area (Å²) in [6, 6.07) is 5.25. The maximum absolute atomic E-state index is 11.0. The molecule has 0 heterocycles. The summed E-state index contributed by atoms with van der Waals surface area (Å²) in [7, 11) is 0. The van der Waals surface area contributed by atoms with Crippen LogP contribution in [0.1, 0.15) is 24.5 Å². The summed E-state index contributed by atoms with van der Waals surface area (Å²) in [5.74, 6) is 0. The first-order chi connectivity index (χ1) is 13.0. The molecule has 0 radical (unpaired) electrons. The van der Waals surface area contributed by atoms with Gasteiger partial charge >= 0.3 is 0 Å². The fourth-order valence-corrected chi connectivity index (χ4v) is 2.90. The topological polar surface area (TPSA) is 118 Å². The van der Waals surface area contributed by atoms with Crippen molar-refractivity contribution in [1.29, 1.82) is 0 Å². The third-order valence-corrected chi connectivity index (χ3v) is 4.24. The number of hydrogen-bond acceptors (Lipinski definition) is 8. The minimum atomic E-state index is -1.51. The Bertz CT molecular complexity index is 1010. The van der Waals surface area contributed by atoms with E-state index >= 15 is 0 Å². The molecular weight excluding hydrogens is 348 g/mol. The molecule has 8 heteroatoms. The lowest BCUT2D eigenvalue weighted by molar-refractivity contribution is 0.477. The van der Waals surface area contributed by atoms with Crippen LogP contribution in [0.3, 0.4) is 0 Å². The average Bonchev–Trinajstić information content (AvgIpc) is 2.63. The molecule has 134 valence electrons. The van der Waals surface area contributed by atoms with Gasteiger partial charge in [-0.25, -0.2) is 19.2 Å². The Morgan fingerprint density at radius 1 is 0.963 bits per heavy atom. The van der Waals surface area contributed by atoms with Crippen LogP contribution in [0.2, 0.25) is 0 Å². The van der Waals surface area contributed by atoms with Gasteiger partial charge in [-0.1, -0.05) is 12.1 Å². The van der Waals surface area contributed by atoms with Gasteiger partial charge in [-0.15, -0.1) is 0 Å². The van der Waals surface area contributed by atoms with Crippen LogP contribution in [0.4, 0.5) is 5.69 Å². The molecular formula is C19H14N4O4. The second-order valence-electron chi connectivity index (χ2n) is 5.94. The molecule has 1 aromatic carbocycles.